The molecular formula is C61H43NS. The summed E-state index contributed by atoms with van der Waals surface area (Å²) in [7, 11) is 0. The summed E-state index contributed by atoms with van der Waals surface area (Å²) in [5.74, 6) is 3.23. The average molecular weight is 822 g/mol. The molecule has 0 saturated heterocycles. The second kappa shape index (κ2) is 16.3. The maximum absolute atomic E-state index is 6.76. The van der Waals surface area contributed by atoms with E-state index in [1.54, 1.807) is 0 Å². The van der Waals surface area contributed by atoms with Crippen LogP contribution in [-0.4, -0.2) is 0 Å². The molecule has 0 N–H and O–H groups in total. The van der Waals surface area contributed by atoms with Gasteiger partial charge < -0.3 is 4.90 Å². The van der Waals surface area contributed by atoms with Gasteiger partial charge in [-0.15, -0.1) is 17.8 Å². The zero-order valence-electron chi connectivity index (χ0n) is 35.1. The Morgan fingerprint density at radius 3 is 2.05 bits per heavy atom. The third-order valence-electron chi connectivity index (χ3n) is 12.6. The van der Waals surface area contributed by atoms with E-state index in [-0.39, 0.29) is 0 Å². The van der Waals surface area contributed by atoms with E-state index in [0.717, 1.165) is 46.6 Å². The minimum Gasteiger partial charge on any atom is -0.303 e. The molecule has 0 amide bonds. The third kappa shape index (κ3) is 6.85. The standard InChI is InChI=1S/C61H43NS/c1-3-41(48-25-12-13-26-49(48)42-20-6-5-7-21-42)36-46(4-2)62(47-34-35-56-58-37-43-22-8-9-23-44(43)39-60(58)63-61(56)40-47)59-33-19-18-32-55(59)52-29-15-17-31-54(52)57-38-45-24-10-11-27-50(45)51-28-14-16-30-53(51)57/h2-3,5-14,16-28,30-40H,15,29H2,1H3/b41-3+,46-36+. The Hall–Kier alpha value is -7.70. The maximum Gasteiger partial charge on any atom is 0.0973 e. The number of hydrogen-bond acceptors (Lipinski definition) is 2. The van der Waals surface area contributed by atoms with Crippen LogP contribution in [0.2, 0.25) is 0 Å². The first-order valence-electron chi connectivity index (χ1n) is 21.7. The van der Waals surface area contributed by atoms with E-state index in [1.165, 1.54) is 80.3 Å². The molecule has 10 aromatic rings. The van der Waals surface area contributed by atoms with E-state index < -0.39 is 0 Å². The van der Waals surface area contributed by atoms with Crippen molar-refractivity contribution in [3.8, 4) is 23.5 Å². The van der Waals surface area contributed by atoms with Gasteiger partial charge in [-0.25, -0.2) is 0 Å². The minimum absolute atomic E-state index is 0.759. The Labute approximate surface area is 372 Å². The summed E-state index contributed by atoms with van der Waals surface area (Å²) in [5.41, 5.74) is 12.3. The van der Waals surface area contributed by atoms with Crippen LogP contribution in [0.4, 0.5) is 11.4 Å². The molecule has 1 aliphatic carbocycles. The molecule has 0 unspecified atom stereocenters. The first-order chi connectivity index (χ1) is 31.2. The number of thiophene rings is 1. The summed E-state index contributed by atoms with van der Waals surface area (Å²) in [6, 6.07) is 68.3. The number of allylic oxidation sites excluding steroid dienone is 8. The van der Waals surface area contributed by atoms with Gasteiger partial charge >= 0.3 is 0 Å². The third-order valence-corrected chi connectivity index (χ3v) is 13.7. The summed E-state index contributed by atoms with van der Waals surface area (Å²) < 4.78 is 2.50. The zero-order chi connectivity index (χ0) is 42.3. The van der Waals surface area contributed by atoms with Crippen molar-refractivity contribution in [2.45, 2.75) is 19.8 Å². The molecule has 1 heterocycles. The lowest BCUT2D eigenvalue weighted by Gasteiger charge is -2.30. The first-order valence-corrected chi connectivity index (χ1v) is 22.5. The van der Waals surface area contributed by atoms with E-state index in [0.29, 0.717) is 0 Å². The zero-order valence-corrected chi connectivity index (χ0v) is 35.9. The van der Waals surface area contributed by atoms with Crippen molar-refractivity contribution in [1.29, 1.82) is 0 Å². The fourth-order valence-electron chi connectivity index (χ4n) is 9.63. The number of fused-ring (bicyclic) bond motifs is 7. The van der Waals surface area contributed by atoms with Crippen LogP contribution in [0.5, 0.6) is 0 Å². The number of terminal acetylenes is 1. The van der Waals surface area contributed by atoms with Gasteiger partial charge in [0.25, 0.3) is 0 Å². The summed E-state index contributed by atoms with van der Waals surface area (Å²) in [6.07, 6.45) is 17.7. The highest BCUT2D eigenvalue weighted by molar-refractivity contribution is 7.26. The number of rotatable bonds is 8. The normalized spacial score (nSPS) is 13.4. The molecule has 63 heavy (non-hydrogen) atoms. The van der Waals surface area contributed by atoms with Crippen LogP contribution in [0.25, 0.3) is 80.3 Å². The number of hydrogen-bond donors (Lipinski definition) is 0. The van der Waals surface area contributed by atoms with Gasteiger partial charge in [0.2, 0.25) is 0 Å². The van der Waals surface area contributed by atoms with E-state index in [4.69, 9.17) is 6.42 Å². The highest BCUT2D eigenvalue weighted by Gasteiger charge is 2.24. The molecular weight excluding hydrogens is 779 g/mol. The lowest BCUT2D eigenvalue weighted by molar-refractivity contribution is 1.05. The Kier molecular flexibility index (Phi) is 9.89. The van der Waals surface area contributed by atoms with Crippen LogP contribution in [-0.2, 0) is 0 Å². The molecule has 11 rings (SSSR count). The lowest BCUT2D eigenvalue weighted by atomic mass is 9.84. The molecule has 0 radical (unpaired) electrons. The van der Waals surface area contributed by atoms with Gasteiger partial charge in [-0.05, 0) is 134 Å². The topological polar surface area (TPSA) is 3.24 Å². The van der Waals surface area contributed by atoms with Crippen molar-refractivity contribution >= 4 is 91.9 Å². The Balaban J connectivity index is 1.15. The van der Waals surface area contributed by atoms with Crippen molar-refractivity contribution in [2.24, 2.45) is 0 Å². The molecule has 0 bridgehead atoms. The molecule has 2 heteroatoms. The molecule has 0 atom stereocenters. The Bertz CT molecular complexity index is 3590. The number of nitrogens with zero attached hydrogens (tertiary/aromatic N) is 1. The number of anilines is 2. The molecule has 0 saturated carbocycles. The van der Waals surface area contributed by atoms with Gasteiger partial charge in [0, 0.05) is 31.4 Å². The van der Waals surface area contributed by atoms with E-state index >= 15 is 0 Å². The van der Waals surface area contributed by atoms with Crippen molar-refractivity contribution < 1.29 is 0 Å². The highest BCUT2D eigenvalue weighted by Crippen LogP contribution is 2.46. The summed E-state index contributed by atoms with van der Waals surface area (Å²) in [6.45, 7) is 2.10. The fourth-order valence-corrected chi connectivity index (χ4v) is 10.8. The fraction of sp³-hybridized carbons (Fsp3) is 0.0492. The molecule has 9 aromatic carbocycles. The van der Waals surface area contributed by atoms with Crippen LogP contribution < -0.4 is 4.90 Å². The molecule has 298 valence electrons. The molecule has 0 fully saturated rings. The summed E-state index contributed by atoms with van der Waals surface area (Å²) >= 11 is 1.84. The van der Waals surface area contributed by atoms with E-state index in [1.807, 2.05) is 11.3 Å². The average Bonchev–Trinajstić information content (AvgIpc) is 3.71. The van der Waals surface area contributed by atoms with Gasteiger partial charge in [0.05, 0.1) is 11.4 Å². The first kappa shape index (κ1) is 38.2. The van der Waals surface area contributed by atoms with Gasteiger partial charge in [-0.3, -0.25) is 0 Å². The second-order valence-electron chi connectivity index (χ2n) is 16.2. The molecule has 0 spiro atoms. The molecule has 0 aliphatic heterocycles. The number of para-hydroxylation sites is 1. The highest BCUT2D eigenvalue weighted by atomic mass is 32.1. The summed E-state index contributed by atoms with van der Waals surface area (Å²) in [5, 5.41) is 10.1. The summed E-state index contributed by atoms with van der Waals surface area (Å²) in [4.78, 5) is 2.33. The second-order valence-corrected chi connectivity index (χ2v) is 17.3. The van der Waals surface area contributed by atoms with Crippen molar-refractivity contribution in [2.75, 3.05) is 4.90 Å². The maximum atomic E-state index is 6.76. The quantitative estimate of drug-likeness (QED) is 0.0838. The van der Waals surface area contributed by atoms with E-state index in [2.05, 4.69) is 230 Å². The smallest absolute Gasteiger partial charge is 0.0973 e. The largest absolute Gasteiger partial charge is 0.303 e. The van der Waals surface area contributed by atoms with Crippen molar-refractivity contribution in [1.82, 2.24) is 0 Å². The van der Waals surface area contributed by atoms with Crippen LogP contribution in [0.15, 0.2) is 218 Å². The SMILES string of the molecule is C#C/C(=C\C(=C/C)c1ccccc1-c1ccccc1)N(c1ccc2c(c1)sc1cc3ccccc3cc12)c1ccccc1C1=C(c2cc3ccccc3c3ccccc23)C=CCC1. The lowest BCUT2D eigenvalue weighted by Crippen LogP contribution is -2.17. The number of benzene rings is 9. The van der Waals surface area contributed by atoms with Gasteiger partial charge in [0.1, 0.15) is 0 Å². The van der Waals surface area contributed by atoms with Gasteiger partial charge in [-0.2, -0.15) is 0 Å². The molecule has 1 nitrogen and oxygen atoms in total. The van der Waals surface area contributed by atoms with Crippen molar-refractivity contribution in [3.05, 3.63) is 235 Å². The molecule has 1 aliphatic rings. The molecule has 1 aromatic heterocycles. The van der Waals surface area contributed by atoms with Crippen LogP contribution in [0, 0.1) is 12.3 Å². The van der Waals surface area contributed by atoms with Gasteiger partial charge in [-0.1, -0.05) is 176 Å². The predicted molar refractivity (Wildman–Crippen MR) is 275 cm³/mol. The van der Waals surface area contributed by atoms with Gasteiger partial charge in [0.15, 0.2) is 0 Å². The Morgan fingerprint density at radius 1 is 0.571 bits per heavy atom. The Morgan fingerprint density at radius 2 is 1.24 bits per heavy atom. The van der Waals surface area contributed by atoms with Crippen LogP contribution in [0.1, 0.15) is 36.5 Å². The van der Waals surface area contributed by atoms with E-state index in [9.17, 15) is 0 Å². The van der Waals surface area contributed by atoms with Crippen LogP contribution >= 0.6 is 11.3 Å². The minimum atomic E-state index is 0.759. The monoisotopic (exact) mass is 821 g/mol. The van der Waals surface area contributed by atoms with Crippen LogP contribution in [0.3, 0.4) is 0 Å². The van der Waals surface area contributed by atoms with Crippen molar-refractivity contribution in [3.63, 3.8) is 0 Å². The predicted octanol–water partition coefficient (Wildman–Crippen LogP) is 17.2.